The van der Waals surface area contributed by atoms with Crippen molar-refractivity contribution < 1.29 is 14.3 Å². The molecule has 1 heterocycles. The van der Waals surface area contributed by atoms with Crippen LogP contribution in [0.15, 0.2) is 0 Å². The minimum Gasteiger partial charge on any atom is -0.444 e. The van der Waals surface area contributed by atoms with Crippen molar-refractivity contribution in [3.63, 3.8) is 0 Å². The molecule has 0 aromatic carbocycles. The van der Waals surface area contributed by atoms with Crippen molar-refractivity contribution in [2.24, 2.45) is 11.8 Å². The van der Waals surface area contributed by atoms with Crippen molar-refractivity contribution >= 4 is 12.0 Å². The van der Waals surface area contributed by atoms with Gasteiger partial charge in [-0.05, 0) is 39.5 Å². The fourth-order valence-corrected chi connectivity index (χ4v) is 2.18. The zero-order valence-electron chi connectivity index (χ0n) is 12.2. The molecule has 2 rings (SSSR count). The lowest BCUT2D eigenvalue weighted by Gasteiger charge is -2.37. The summed E-state index contributed by atoms with van der Waals surface area (Å²) in [5.41, 5.74) is -0.579. The molecule has 110 valence electrons. The van der Waals surface area contributed by atoms with Crippen LogP contribution in [0.3, 0.4) is 0 Å². The maximum Gasteiger partial charge on any atom is 0.408 e. The first kappa shape index (κ1) is 14.6. The Kier molecular flexibility index (Phi) is 3.89. The Hall–Kier alpha value is -1.77. The summed E-state index contributed by atoms with van der Waals surface area (Å²) in [6.07, 6.45) is 1.34. The number of rotatable bonds is 3. The third kappa shape index (κ3) is 3.62. The Labute approximate surface area is 119 Å². The van der Waals surface area contributed by atoms with E-state index in [4.69, 9.17) is 10.00 Å². The highest BCUT2D eigenvalue weighted by Gasteiger charge is 2.43. The molecule has 0 unspecified atom stereocenters. The minimum absolute atomic E-state index is 0.0691. The van der Waals surface area contributed by atoms with E-state index in [9.17, 15) is 9.59 Å². The average molecular weight is 279 g/mol. The van der Waals surface area contributed by atoms with E-state index in [1.54, 1.807) is 25.7 Å². The number of ether oxygens (including phenoxy) is 1. The van der Waals surface area contributed by atoms with Gasteiger partial charge in [-0.15, -0.1) is 0 Å². The molecule has 2 aliphatic rings. The summed E-state index contributed by atoms with van der Waals surface area (Å²) < 4.78 is 5.20. The summed E-state index contributed by atoms with van der Waals surface area (Å²) in [6.45, 7) is 6.29. The molecular formula is C14H21N3O3. The van der Waals surface area contributed by atoms with Crippen LogP contribution >= 0.6 is 0 Å². The molecule has 0 radical (unpaired) electrons. The lowest BCUT2D eigenvalue weighted by Crippen LogP contribution is -2.57. The molecular weight excluding hydrogens is 258 g/mol. The predicted molar refractivity (Wildman–Crippen MR) is 71.6 cm³/mol. The molecule has 0 aromatic rings. The molecule has 6 nitrogen and oxygen atoms in total. The number of nitrogens with zero attached hydrogens (tertiary/aromatic N) is 2. The van der Waals surface area contributed by atoms with E-state index in [0.29, 0.717) is 13.1 Å². The van der Waals surface area contributed by atoms with Gasteiger partial charge in [-0.25, -0.2) is 4.79 Å². The maximum absolute atomic E-state index is 12.3. The van der Waals surface area contributed by atoms with E-state index in [1.807, 2.05) is 0 Å². The van der Waals surface area contributed by atoms with E-state index < -0.39 is 17.7 Å². The van der Waals surface area contributed by atoms with Crippen LogP contribution in [0, 0.1) is 23.2 Å². The van der Waals surface area contributed by atoms with E-state index in [0.717, 1.165) is 12.8 Å². The molecule has 1 atom stereocenters. The monoisotopic (exact) mass is 279 g/mol. The van der Waals surface area contributed by atoms with E-state index in [-0.39, 0.29) is 17.7 Å². The summed E-state index contributed by atoms with van der Waals surface area (Å²) in [7, 11) is 0. The Morgan fingerprint density at radius 2 is 1.95 bits per heavy atom. The third-order valence-corrected chi connectivity index (χ3v) is 3.41. The first-order valence-electron chi connectivity index (χ1n) is 6.98. The minimum atomic E-state index is -0.579. The summed E-state index contributed by atoms with van der Waals surface area (Å²) in [4.78, 5) is 25.7. The molecule has 1 saturated heterocycles. The molecule has 1 N–H and O–H groups in total. The summed E-state index contributed by atoms with van der Waals surface area (Å²) in [5.74, 6) is 0.0429. The van der Waals surface area contributed by atoms with Gasteiger partial charge in [-0.2, -0.15) is 5.26 Å². The van der Waals surface area contributed by atoms with Crippen LogP contribution in [0.1, 0.15) is 33.6 Å². The van der Waals surface area contributed by atoms with Gasteiger partial charge < -0.3 is 15.0 Å². The Bertz CT molecular complexity index is 440. The van der Waals surface area contributed by atoms with Gasteiger partial charge in [-0.1, -0.05) is 0 Å². The SMILES string of the molecule is CC(C)(C)OC(=O)N[C@@H](C(=O)N1CC(C#N)C1)C1CC1. The maximum atomic E-state index is 12.3. The molecule has 2 fully saturated rings. The molecule has 20 heavy (non-hydrogen) atoms. The number of nitrogens with one attached hydrogen (secondary N) is 1. The molecule has 0 spiro atoms. The van der Waals surface area contributed by atoms with E-state index >= 15 is 0 Å². The Morgan fingerprint density at radius 3 is 2.40 bits per heavy atom. The van der Waals surface area contributed by atoms with E-state index in [2.05, 4.69) is 11.4 Å². The van der Waals surface area contributed by atoms with Crippen LogP contribution in [0.4, 0.5) is 4.79 Å². The van der Waals surface area contributed by atoms with E-state index in [1.165, 1.54) is 0 Å². The largest absolute Gasteiger partial charge is 0.444 e. The lowest BCUT2D eigenvalue weighted by molar-refractivity contribution is -0.139. The van der Waals surface area contributed by atoms with Gasteiger partial charge in [0.15, 0.2) is 0 Å². The summed E-state index contributed by atoms with van der Waals surface area (Å²) in [6, 6.07) is 1.63. The van der Waals surface area contributed by atoms with Gasteiger partial charge in [-0.3, -0.25) is 4.79 Å². The van der Waals surface area contributed by atoms with Crippen molar-refractivity contribution in [1.82, 2.24) is 10.2 Å². The van der Waals surface area contributed by atoms with Gasteiger partial charge >= 0.3 is 6.09 Å². The normalized spacial score (nSPS) is 20.6. The van der Waals surface area contributed by atoms with Gasteiger partial charge in [0, 0.05) is 13.1 Å². The molecule has 6 heteroatoms. The van der Waals surface area contributed by atoms with Gasteiger partial charge in [0.25, 0.3) is 0 Å². The van der Waals surface area contributed by atoms with Crippen LogP contribution in [0.5, 0.6) is 0 Å². The molecule has 2 amide bonds. The topological polar surface area (TPSA) is 82.4 Å². The smallest absolute Gasteiger partial charge is 0.408 e. The standard InChI is InChI=1S/C14H21N3O3/c1-14(2,3)20-13(19)16-11(10-4-5-10)12(18)17-7-9(6-15)8-17/h9-11H,4-5,7-8H2,1-3H3,(H,16,19)/t11-/m1/s1. The third-order valence-electron chi connectivity index (χ3n) is 3.41. The highest BCUT2D eigenvalue weighted by molar-refractivity contribution is 5.87. The molecule has 0 bridgehead atoms. The van der Waals surface area contributed by atoms with Crippen molar-refractivity contribution in [3.05, 3.63) is 0 Å². The number of amides is 2. The Balaban J connectivity index is 1.90. The fraction of sp³-hybridized carbons (Fsp3) is 0.786. The fourth-order valence-electron chi connectivity index (χ4n) is 2.18. The van der Waals surface area contributed by atoms with Gasteiger partial charge in [0.05, 0.1) is 12.0 Å². The number of hydrogen-bond acceptors (Lipinski definition) is 4. The number of alkyl carbamates (subject to hydrolysis) is 1. The molecule has 1 aliphatic carbocycles. The molecule has 1 aliphatic heterocycles. The number of hydrogen-bond donors (Lipinski definition) is 1. The predicted octanol–water partition coefficient (Wildman–Crippen LogP) is 1.27. The lowest BCUT2D eigenvalue weighted by atomic mass is 10.00. The first-order chi connectivity index (χ1) is 9.30. The Morgan fingerprint density at radius 1 is 1.35 bits per heavy atom. The second-order valence-corrected chi connectivity index (χ2v) is 6.53. The zero-order valence-corrected chi connectivity index (χ0v) is 12.2. The van der Waals surface area contributed by atoms with Gasteiger partial charge in [0.1, 0.15) is 11.6 Å². The first-order valence-corrected chi connectivity index (χ1v) is 6.98. The van der Waals surface area contributed by atoms with Crippen LogP contribution in [0.25, 0.3) is 0 Å². The molecule has 1 saturated carbocycles. The van der Waals surface area contributed by atoms with Gasteiger partial charge in [0.2, 0.25) is 5.91 Å². The number of carbonyl (C=O) groups is 2. The quantitative estimate of drug-likeness (QED) is 0.843. The van der Waals surface area contributed by atoms with Crippen LogP contribution in [-0.2, 0) is 9.53 Å². The van der Waals surface area contributed by atoms with Crippen molar-refractivity contribution in [1.29, 1.82) is 5.26 Å². The van der Waals surface area contributed by atoms with Crippen LogP contribution in [0.2, 0.25) is 0 Å². The molecule has 0 aromatic heterocycles. The number of nitriles is 1. The average Bonchev–Trinajstić information content (AvgIpc) is 3.05. The number of carbonyl (C=O) groups excluding carboxylic acids is 2. The zero-order chi connectivity index (χ0) is 14.9. The summed E-state index contributed by atoms with van der Waals surface area (Å²) in [5, 5.41) is 11.4. The van der Waals surface area contributed by atoms with Crippen LogP contribution in [-0.4, -0.2) is 41.6 Å². The summed E-state index contributed by atoms with van der Waals surface area (Å²) >= 11 is 0. The van der Waals surface area contributed by atoms with Crippen LogP contribution < -0.4 is 5.32 Å². The van der Waals surface area contributed by atoms with Crippen molar-refractivity contribution in [2.75, 3.05) is 13.1 Å². The van der Waals surface area contributed by atoms with Crippen molar-refractivity contribution in [2.45, 2.75) is 45.3 Å². The highest BCUT2D eigenvalue weighted by atomic mass is 16.6. The second-order valence-electron chi connectivity index (χ2n) is 6.53. The number of likely N-dealkylation sites (tertiary alicyclic amines) is 1. The highest BCUT2D eigenvalue weighted by Crippen LogP contribution is 2.34. The second kappa shape index (κ2) is 5.31. The van der Waals surface area contributed by atoms with Crippen molar-refractivity contribution in [3.8, 4) is 6.07 Å².